The zero-order valence-electron chi connectivity index (χ0n) is 12.6. The SMILES string of the molecule is COc1ccc(C)nc1[N+](=O)[O-].Cc1ccc(O)c([N+](=O)[O-])n1. The summed E-state index contributed by atoms with van der Waals surface area (Å²) in [7, 11) is 1.37. The minimum Gasteiger partial charge on any atom is -0.501 e. The van der Waals surface area contributed by atoms with Gasteiger partial charge in [0.2, 0.25) is 11.5 Å². The van der Waals surface area contributed by atoms with E-state index in [9.17, 15) is 20.2 Å². The van der Waals surface area contributed by atoms with Crippen molar-refractivity contribution in [2.24, 2.45) is 0 Å². The van der Waals surface area contributed by atoms with Gasteiger partial charge in [-0.15, -0.1) is 0 Å². The fourth-order valence-electron chi connectivity index (χ4n) is 1.49. The minimum absolute atomic E-state index is 0.186. The number of aromatic hydroxyl groups is 1. The third-order valence-corrected chi connectivity index (χ3v) is 2.54. The van der Waals surface area contributed by atoms with E-state index in [0.29, 0.717) is 11.4 Å². The van der Waals surface area contributed by atoms with Crippen LogP contribution in [0.5, 0.6) is 11.5 Å². The van der Waals surface area contributed by atoms with Crippen molar-refractivity contribution in [2.75, 3.05) is 7.11 Å². The van der Waals surface area contributed by atoms with Gasteiger partial charge in [-0.3, -0.25) is 0 Å². The van der Waals surface area contributed by atoms with Crippen LogP contribution in [0.25, 0.3) is 0 Å². The average molecular weight is 322 g/mol. The molecule has 2 aromatic heterocycles. The van der Waals surface area contributed by atoms with Crippen molar-refractivity contribution in [3.05, 3.63) is 55.9 Å². The number of ether oxygens (including phenoxy) is 1. The number of nitrogens with zero attached hydrogens (tertiary/aromatic N) is 4. The Bertz CT molecular complexity index is 734. The molecule has 0 saturated carbocycles. The summed E-state index contributed by atoms with van der Waals surface area (Å²) in [4.78, 5) is 26.5. The Kier molecular flexibility index (Phi) is 5.89. The van der Waals surface area contributed by atoms with Crippen LogP contribution in [-0.4, -0.2) is 32.0 Å². The van der Waals surface area contributed by atoms with Gasteiger partial charge in [-0.2, -0.15) is 0 Å². The molecule has 0 aliphatic rings. The molecule has 2 rings (SSSR count). The standard InChI is InChI=1S/C7H8N2O3.C6H6N2O3/c1-5-3-4-6(12-2)7(8-5)9(10)11;1-4-2-3-5(9)6(7-4)8(10)11/h3-4H,1-2H3;2-3,9H,1H3. The number of rotatable bonds is 3. The van der Waals surface area contributed by atoms with Crippen molar-refractivity contribution >= 4 is 11.6 Å². The van der Waals surface area contributed by atoms with E-state index in [1.807, 2.05) is 0 Å². The summed E-state index contributed by atoms with van der Waals surface area (Å²) in [5, 5.41) is 29.5. The number of nitro groups is 2. The highest BCUT2D eigenvalue weighted by Gasteiger charge is 2.16. The third-order valence-electron chi connectivity index (χ3n) is 2.54. The Balaban J connectivity index is 0.000000231. The van der Waals surface area contributed by atoms with Gasteiger partial charge in [-0.1, -0.05) is 0 Å². The lowest BCUT2D eigenvalue weighted by Gasteiger charge is -1.99. The van der Waals surface area contributed by atoms with Crippen molar-refractivity contribution in [3.63, 3.8) is 0 Å². The number of aryl methyl sites for hydroxylation is 2. The van der Waals surface area contributed by atoms with Crippen molar-refractivity contribution in [1.82, 2.24) is 9.97 Å². The van der Waals surface area contributed by atoms with Crippen LogP contribution in [0.4, 0.5) is 11.6 Å². The quantitative estimate of drug-likeness (QED) is 0.670. The van der Waals surface area contributed by atoms with Crippen LogP contribution >= 0.6 is 0 Å². The van der Waals surface area contributed by atoms with E-state index in [1.165, 1.54) is 25.3 Å². The van der Waals surface area contributed by atoms with E-state index in [-0.39, 0.29) is 11.6 Å². The molecule has 0 aromatic carbocycles. The van der Waals surface area contributed by atoms with Crippen molar-refractivity contribution < 1.29 is 19.7 Å². The van der Waals surface area contributed by atoms with Gasteiger partial charge in [-0.05, 0) is 44.1 Å². The van der Waals surface area contributed by atoms with Gasteiger partial charge in [0.05, 0.1) is 7.11 Å². The molecular weight excluding hydrogens is 308 g/mol. The van der Waals surface area contributed by atoms with E-state index in [0.717, 1.165) is 0 Å². The Morgan fingerprint density at radius 2 is 1.43 bits per heavy atom. The summed E-state index contributed by atoms with van der Waals surface area (Å²) >= 11 is 0. The van der Waals surface area contributed by atoms with Gasteiger partial charge in [0.1, 0.15) is 11.4 Å². The Labute approximate surface area is 130 Å². The summed E-state index contributed by atoms with van der Waals surface area (Å²) in [5.41, 5.74) is 1.11. The molecule has 122 valence electrons. The van der Waals surface area contributed by atoms with Crippen LogP contribution in [0, 0.1) is 34.1 Å². The van der Waals surface area contributed by atoms with E-state index in [2.05, 4.69) is 9.97 Å². The molecule has 0 atom stereocenters. The maximum atomic E-state index is 10.4. The Morgan fingerprint density at radius 1 is 0.957 bits per heavy atom. The summed E-state index contributed by atoms with van der Waals surface area (Å²) < 4.78 is 4.76. The maximum absolute atomic E-state index is 10.4. The van der Waals surface area contributed by atoms with Crippen molar-refractivity contribution in [2.45, 2.75) is 13.8 Å². The highest BCUT2D eigenvalue weighted by atomic mass is 16.6. The molecule has 2 aromatic rings. The average Bonchev–Trinajstić information content (AvgIpc) is 2.50. The number of hydrogen-bond donors (Lipinski definition) is 1. The largest absolute Gasteiger partial charge is 0.501 e. The lowest BCUT2D eigenvalue weighted by Crippen LogP contribution is -1.97. The molecule has 1 N–H and O–H groups in total. The Hall–Kier alpha value is -3.30. The molecule has 0 amide bonds. The van der Waals surface area contributed by atoms with Crippen LogP contribution < -0.4 is 4.74 Å². The predicted molar refractivity (Wildman–Crippen MR) is 79.5 cm³/mol. The van der Waals surface area contributed by atoms with E-state index < -0.39 is 21.4 Å². The second kappa shape index (κ2) is 7.64. The first-order chi connectivity index (χ1) is 10.8. The van der Waals surface area contributed by atoms with Gasteiger partial charge < -0.3 is 30.1 Å². The van der Waals surface area contributed by atoms with E-state index >= 15 is 0 Å². The number of aromatic nitrogens is 2. The summed E-state index contributed by atoms with van der Waals surface area (Å²) in [6.45, 7) is 3.30. The smallest absolute Gasteiger partial charge is 0.406 e. The molecule has 10 heteroatoms. The van der Waals surface area contributed by atoms with Gasteiger partial charge in [0.25, 0.3) is 0 Å². The molecule has 0 radical (unpaired) electrons. The van der Waals surface area contributed by atoms with Gasteiger partial charge in [0.15, 0.2) is 0 Å². The molecule has 0 bridgehead atoms. The molecular formula is C13H14N4O6. The first-order valence-corrected chi connectivity index (χ1v) is 6.23. The predicted octanol–water partition coefficient (Wildman–Crippen LogP) is 2.31. The second-order valence-electron chi connectivity index (χ2n) is 4.29. The zero-order chi connectivity index (χ0) is 17.6. The fourth-order valence-corrected chi connectivity index (χ4v) is 1.49. The topological polar surface area (TPSA) is 142 Å². The van der Waals surface area contributed by atoms with Crippen molar-refractivity contribution in [3.8, 4) is 11.5 Å². The zero-order valence-corrected chi connectivity index (χ0v) is 12.6. The second-order valence-corrected chi connectivity index (χ2v) is 4.29. The molecule has 0 saturated heterocycles. The van der Waals surface area contributed by atoms with Crippen LogP contribution in [0.2, 0.25) is 0 Å². The van der Waals surface area contributed by atoms with Gasteiger partial charge >= 0.3 is 11.6 Å². The Morgan fingerprint density at radius 3 is 1.87 bits per heavy atom. The maximum Gasteiger partial charge on any atom is 0.406 e. The molecule has 0 aliphatic heterocycles. The normalized spacial score (nSPS) is 9.52. The van der Waals surface area contributed by atoms with E-state index in [1.54, 1.807) is 19.9 Å². The van der Waals surface area contributed by atoms with Gasteiger partial charge in [-0.25, -0.2) is 0 Å². The number of pyridine rings is 2. The molecule has 2 heterocycles. The molecule has 0 fully saturated rings. The molecule has 0 unspecified atom stereocenters. The highest BCUT2D eigenvalue weighted by molar-refractivity contribution is 5.40. The van der Waals surface area contributed by atoms with Gasteiger partial charge in [0, 0.05) is 13.8 Å². The minimum atomic E-state index is -0.720. The molecule has 23 heavy (non-hydrogen) atoms. The van der Waals surface area contributed by atoms with Crippen LogP contribution in [0.15, 0.2) is 24.3 Å². The van der Waals surface area contributed by atoms with Crippen LogP contribution in [-0.2, 0) is 0 Å². The summed E-state index contributed by atoms with van der Waals surface area (Å²) in [6.07, 6.45) is 0. The highest BCUT2D eigenvalue weighted by Crippen LogP contribution is 2.23. The van der Waals surface area contributed by atoms with Crippen LogP contribution in [0.3, 0.4) is 0 Å². The van der Waals surface area contributed by atoms with Crippen molar-refractivity contribution in [1.29, 1.82) is 0 Å². The number of hydrogen-bond acceptors (Lipinski definition) is 8. The summed E-state index contributed by atoms with van der Waals surface area (Å²) in [6, 6.07) is 5.94. The first kappa shape index (κ1) is 17.8. The molecule has 0 aliphatic carbocycles. The lowest BCUT2D eigenvalue weighted by molar-refractivity contribution is -0.390. The fraction of sp³-hybridized carbons (Fsp3) is 0.231. The monoisotopic (exact) mass is 322 g/mol. The first-order valence-electron chi connectivity index (χ1n) is 6.23. The molecule has 10 nitrogen and oxygen atoms in total. The summed E-state index contributed by atoms with van der Waals surface area (Å²) in [5.74, 6) is -0.950. The third kappa shape index (κ3) is 4.88. The van der Waals surface area contributed by atoms with Crippen LogP contribution in [0.1, 0.15) is 11.4 Å². The lowest BCUT2D eigenvalue weighted by atomic mass is 10.3. The number of methoxy groups -OCH3 is 1. The molecule has 0 spiro atoms. The van der Waals surface area contributed by atoms with E-state index in [4.69, 9.17) is 9.84 Å².